The molecule has 68 valence electrons. The number of amides is 1. The zero-order chi connectivity index (χ0) is 9.78. The highest BCUT2D eigenvalue weighted by Crippen LogP contribution is 2.11. The maximum Gasteiger partial charge on any atom is 0.224 e. The van der Waals surface area contributed by atoms with E-state index in [-0.39, 0.29) is 11.9 Å². The van der Waals surface area contributed by atoms with Gasteiger partial charge in [0.25, 0.3) is 0 Å². The minimum atomic E-state index is -0.537. The number of nitrogens with two attached hydrogens (primary N) is 1. The molecule has 0 saturated carbocycles. The summed E-state index contributed by atoms with van der Waals surface area (Å²) in [6.45, 7) is 5.93. The Hall–Kier alpha value is -1.01. The van der Waals surface area contributed by atoms with Crippen molar-refractivity contribution < 1.29 is 4.79 Å². The molecule has 0 aliphatic heterocycles. The van der Waals surface area contributed by atoms with Crippen molar-refractivity contribution in [2.75, 3.05) is 6.54 Å². The third kappa shape index (κ3) is 3.40. The summed E-state index contributed by atoms with van der Waals surface area (Å²) in [5.41, 5.74) is 4.63. The lowest BCUT2D eigenvalue weighted by Gasteiger charge is -2.21. The van der Waals surface area contributed by atoms with Gasteiger partial charge < -0.3 is 11.1 Å². The molecule has 0 fully saturated rings. The van der Waals surface area contributed by atoms with Crippen LogP contribution in [0.1, 0.15) is 20.8 Å². The highest BCUT2D eigenvalue weighted by atomic mass is 16.1. The number of nitrogens with one attached hydrogen (secondary N) is 1. The standard InChI is InChI=1S/C9H16N2O/c1-5-7(2)11-6-9(3,4)8(10)12/h1,7,11H,6H2,2-4H3,(H2,10,12). The molecule has 1 atom stereocenters. The summed E-state index contributed by atoms with van der Waals surface area (Å²) in [5.74, 6) is 2.19. The molecule has 1 amide bonds. The van der Waals surface area contributed by atoms with Crippen molar-refractivity contribution in [2.45, 2.75) is 26.8 Å². The fourth-order valence-corrected chi connectivity index (χ4v) is 0.554. The van der Waals surface area contributed by atoms with E-state index < -0.39 is 5.41 Å². The molecule has 3 nitrogen and oxygen atoms in total. The molecular weight excluding hydrogens is 152 g/mol. The topological polar surface area (TPSA) is 55.1 Å². The molecule has 12 heavy (non-hydrogen) atoms. The maximum absolute atomic E-state index is 10.9. The van der Waals surface area contributed by atoms with Gasteiger partial charge in [-0.2, -0.15) is 0 Å². The Labute approximate surface area is 73.7 Å². The third-order valence-electron chi connectivity index (χ3n) is 1.77. The van der Waals surface area contributed by atoms with Gasteiger partial charge in [-0.1, -0.05) is 5.92 Å². The SMILES string of the molecule is C#CC(C)NCC(C)(C)C(N)=O. The largest absolute Gasteiger partial charge is 0.369 e. The van der Waals surface area contributed by atoms with Crippen LogP contribution in [0.3, 0.4) is 0 Å². The molecule has 0 heterocycles. The first kappa shape index (κ1) is 11.0. The van der Waals surface area contributed by atoms with Gasteiger partial charge in [0, 0.05) is 6.54 Å². The molecule has 0 aliphatic carbocycles. The Bertz CT molecular complexity index is 203. The number of rotatable bonds is 4. The molecule has 3 heteroatoms. The van der Waals surface area contributed by atoms with E-state index in [1.54, 1.807) is 13.8 Å². The minimum Gasteiger partial charge on any atom is -0.369 e. The predicted octanol–water partition coefficient (Wildman–Crippen LogP) is 0.109. The lowest BCUT2D eigenvalue weighted by Crippen LogP contribution is -2.42. The van der Waals surface area contributed by atoms with Crippen LogP contribution in [0, 0.1) is 17.8 Å². The first-order valence-electron chi connectivity index (χ1n) is 3.89. The average Bonchev–Trinajstić information content (AvgIpc) is 2.00. The molecule has 0 aromatic heterocycles. The van der Waals surface area contributed by atoms with Crippen molar-refractivity contribution >= 4 is 5.91 Å². The third-order valence-corrected chi connectivity index (χ3v) is 1.77. The van der Waals surface area contributed by atoms with E-state index in [0.29, 0.717) is 6.54 Å². The summed E-state index contributed by atoms with van der Waals surface area (Å²) in [6, 6.07) is -0.0244. The summed E-state index contributed by atoms with van der Waals surface area (Å²) >= 11 is 0. The highest BCUT2D eigenvalue weighted by Gasteiger charge is 2.24. The summed E-state index contributed by atoms with van der Waals surface area (Å²) in [4.78, 5) is 10.9. The second-order valence-corrected chi connectivity index (χ2v) is 3.52. The Morgan fingerprint density at radius 2 is 2.25 bits per heavy atom. The number of carbonyl (C=O) groups excluding carboxylic acids is 1. The van der Waals surface area contributed by atoms with Gasteiger partial charge in [0.2, 0.25) is 5.91 Å². The van der Waals surface area contributed by atoms with Gasteiger partial charge in [-0.05, 0) is 20.8 Å². The first-order valence-corrected chi connectivity index (χ1v) is 3.89. The van der Waals surface area contributed by atoms with E-state index in [9.17, 15) is 4.79 Å². The van der Waals surface area contributed by atoms with Crippen molar-refractivity contribution in [1.29, 1.82) is 0 Å². The summed E-state index contributed by atoms with van der Waals surface area (Å²) in [5, 5.41) is 3.02. The molecule has 3 N–H and O–H groups in total. The van der Waals surface area contributed by atoms with E-state index in [4.69, 9.17) is 12.2 Å². The molecule has 0 bridgehead atoms. The summed E-state index contributed by atoms with van der Waals surface area (Å²) in [7, 11) is 0. The second-order valence-electron chi connectivity index (χ2n) is 3.52. The van der Waals surface area contributed by atoms with Crippen molar-refractivity contribution in [3.05, 3.63) is 0 Å². The Kier molecular flexibility index (Phi) is 3.78. The monoisotopic (exact) mass is 168 g/mol. The number of terminal acetylenes is 1. The van der Waals surface area contributed by atoms with Gasteiger partial charge in [0.05, 0.1) is 11.5 Å². The molecule has 0 aromatic rings. The molecule has 0 saturated heterocycles. The van der Waals surface area contributed by atoms with E-state index in [2.05, 4.69) is 11.2 Å². The van der Waals surface area contributed by atoms with Crippen LogP contribution in [0.15, 0.2) is 0 Å². The van der Waals surface area contributed by atoms with Crippen LogP contribution in [-0.4, -0.2) is 18.5 Å². The Morgan fingerprint density at radius 3 is 2.58 bits per heavy atom. The van der Waals surface area contributed by atoms with Crippen LogP contribution in [-0.2, 0) is 4.79 Å². The minimum absolute atomic E-state index is 0.0244. The Balaban J connectivity index is 3.94. The van der Waals surface area contributed by atoms with E-state index in [1.807, 2.05) is 6.92 Å². The highest BCUT2D eigenvalue weighted by molar-refractivity contribution is 5.80. The Morgan fingerprint density at radius 1 is 1.75 bits per heavy atom. The van der Waals surface area contributed by atoms with Gasteiger partial charge in [-0.3, -0.25) is 4.79 Å². The lowest BCUT2D eigenvalue weighted by atomic mass is 9.92. The smallest absolute Gasteiger partial charge is 0.224 e. The fraction of sp³-hybridized carbons (Fsp3) is 0.667. The fourth-order valence-electron chi connectivity index (χ4n) is 0.554. The zero-order valence-corrected chi connectivity index (χ0v) is 7.85. The van der Waals surface area contributed by atoms with Gasteiger partial charge in [-0.25, -0.2) is 0 Å². The van der Waals surface area contributed by atoms with Crippen molar-refractivity contribution in [3.63, 3.8) is 0 Å². The van der Waals surface area contributed by atoms with Crippen LogP contribution >= 0.6 is 0 Å². The van der Waals surface area contributed by atoms with E-state index >= 15 is 0 Å². The molecular formula is C9H16N2O. The summed E-state index contributed by atoms with van der Waals surface area (Å²) in [6.07, 6.45) is 5.15. The van der Waals surface area contributed by atoms with Crippen LogP contribution < -0.4 is 11.1 Å². The van der Waals surface area contributed by atoms with Crippen LogP contribution in [0.2, 0.25) is 0 Å². The number of carbonyl (C=O) groups is 1. The molecule has 0 aromatic carbocycles. The molecule has 1 unspecified atom stereocenters. The van der Waals surface area contributed by atoms with Crippen molar-refractivity contribution in [1.82, 2.24) is 5.32 Å². The number of hydrogen-bond donors (Lipinski definition) is 2. The molecule has 0 rings (SSSR count). The quantitative estimate of drug-likeness (QED) is 0.585. The van der Waals surface area contributed by atoms with Crippen molar-refractivity contribution in [2.24, 2.45) is 11.1 Å². The zero-order valence-electron chi connectivity index (χ0n) is 7.85. The van der Waals surface area contributed by atoms with Crippen LogP contribution in [0.5, 0.6) is 0 Å². The molecule has 0 spiro atoms. The van der Waals surface area contributed by atoms with E-state index in [0.717, 1.165) is 0 Å². The normalized spacial score (nSPS) is 13.5. The van der Waals surface area contributed by atoms with Gasteiger partial charge >= 0.3 is 0 Å². The average molecular weight is 168 g/mol. The van der Waals surface area contributed by atoms with Crippen LogP contribution in [0.25, 0.3) is 0 Å². The molecule has 0 radical (unpaired) electrons. The van der Waals surface area contributed by atoms with Gasteiger partial charge in [0.15, 0.2) is 0 Å². The van der Waals surface area contributed by atoms with Gasteiger partial charge in [-0.15, -0.1) is 6.42 Å². The van der Waals surface area contributed by atoms with Crippen molar-refractivity contribution in [3.8, 4) is 12.3 Å². The number of hydrogen-bond acceptors (Lipinski definition) is 2. The predicted molar refractivity (Wildman–Crippen MR) is 49.3 cm³/mol. The molecule has 0 aliphatic rings. The summed E-state index contributed by atoms with van der Waals surface area (Å²) < 4.78 is 0. The van der Waals surface area contributed by atoms with Gasteiger partial charge in [0.1, 0.15) is 0 Å². The maximum atomic E-state index is 10.9. The van der Waals surface area contributed by atoms with Crippen LogP contribution in [0.4, 0.5) is 0 Å². The first-order chi connectivity index (χ1) is 5.40. The lowest BCUT2D eigenvalue weighted by molar-refractivity contribution is -0.125. The number of primary amides is 1. The second kappa shape index (κ2) is 4.13. The van der Waals surface area contributed by atoms with E-state index in [1.165, 1.54) is 0 Å².